The summed E-state index contributed by atoms with van der Waals surface area (Å²) in [7, 11) is 0. The molecule has 0 radical (unpaired) electrons. The van der Waals surface area contributed by atoms with E-state index >= 15 is 0 Å². The van der Waals surface area contributed by atoms with Gasteiger partial charge in [-0.3, -0.25) is 0 Å². The Kier molecular flexibility index (Phi) is 3.16. The highest BCUT2D eigenvalue weighted by Crippen LogP contribution is 2.28. The van der Waals surface area contributed by atoms with Crippen LogP contribution in [0.15, 0.2) is 30.3 Å². The predicted molar refractivity (Wildman–Crippen MR) is 62.9 cm³/mol. The summed E-state index contributed by atoms with van der Waals surface area (Å²) in [5, 5.41) is 8.59. The zero-order valence-electron chi connectivity index (χ0n) is 9.41. The van der Waals surface area contributed by atoms with Gasteiger partial charge in [0.1, 0.15) is 0 Å². The molecule has 0 aliphatic carbocycles. The van der Waals surface area contributed by atoms with Crippen LogP contribution in [-0.4, -0.2) is 0 Å². The molecule has 0 fully saturated rings. The maximum Gasteiger partial charge on any atom is 0.0933 e. The minimum absolute atomic E-state index is 0.0323. The summed E-state index contributed by atoms with van der Waals surface area (Å²) in [4.78, 5) is 0. The Bertz CT molecular complexity index is 417. The third-order valence-corrected chi connectivity index (χ3v) is 2.27. The Morgan fingerprint density at radius 2 is 1.93 bits per heavy atom. The smallest absolute Gasteiger partial charge is 0.0933 e. The molecule has 0 saturated carbocycles. The summed E-state index contributed by atoms with van der Waals surface area (Å²) in [6.45, 7) is 6.39. The Labute approximate surface area is 91.0 Å². The van der Waals surface area contributed by atoms with Crippen molar-refractivity contribution >= 4 is 5.70 Å². The van der Waals surface area contributed by atoms with Crippen molar-refractivity contribution in [2.45, 2.75) is 26.2 Å². The van der Waals surface area contributed by atoms with Crippen molar-refractivity contribution in [3.8, 4) is 6.07 Å². The molecule has 2 N–H and O–H groups in total. The first kappa shape index (κ1) is 11.3. The van der Waals surface area contributed by atoms with Crippen LogP contribution >= 0.6 is 0 Å². The third kappa shape index (κ3) is 2.60. The second-order valence-electron chi connectivity index (χ2n) is 4.52. The van der Waals surface area contributed by atoms with Gasteiger partial charge in [0, 0.05) is 17.3 Å². The Hall–Kier alpha value is -1.75. The topological polar surface area (TPSA) is 49.8 Å². The van der Waals surface area contributed by atoms with Crippen LogP contribution < -0.4 is 5.73 Å². The molecule has 0 aromatic heterocycles. The number of nitrogens with zero attached hydrogens (tertiary/aromatic N) is 1. The van der Waals surface area contributed by atoms with E-state index in [1.807, 2.05) is 30.3 Å². The van der Waals surface area contributed by atoms with E-state index in [0.29, 0.717) is 5.70 Å². The van der Waals surface area contributed by atoms with Crippen LogP contribution in [0.1, 0.15) is 31.9 Å². The van der Waals surface area contributed by atoms with Crippen molar-refractivity contribution < 1.29 is 0 Å². The molecule has 78 valence electrons. The minimum Gasteiger partial charge on any atom is -0.398 e. The predicted octanol–water partition coefficient (Wildman–Crippen LogP) is 2.81. The largest absolute Gasteiger partial charge is 0.398 e. The average Bonchev–Trinajstić information content (AvgIpc) is 2.17. The molecule has 0 aliphatic rings. The van der Waals surface area contributed by atoms with E-state index in [1.165, 1.54) is 6.08 Å². The molecule has 0 aliphatic heterocycles. The number of allylic oxidation sites excluding steroid dienone is 1. The van der Waals surface area contributed by atoms with E-state index in [0.717, 1.165) is 11.1 Å². The molecule has 1 rings (SSSR count). The van der Waals surface area contributed by atoms with E-state index in [-0.39, 0.29) is 5.41 Å². The van der Waals surface area contributed by atoms with Gasteiger partial charge in [0.05, 0.1) is 6.07 Å². The lowest BCUT2D eigenvalue weighted by atomic mass is 9.83. The van der Waals surface area contributed by atoms with E-state index in [2.05, 4.69) is 20.8 Å². The number of hydrogen-bond acceptors (Lipinski definition) is 2. The fourth-order valence-corrected chi connectivity index (χ4v) is 1.54. The molecule has 0 unspecified atom stereocenters. The SMILES string of the molecule is CC(C)(C)c1ccccc1/C(N)=C/C#N. The van der Waals surface area contributed by atoms with Crippen LogP contribution in [0.5, 0.6) is 0 Å². The van der Waals surface area contributed by atoms with Crippen LogP contribution in [0.4, 0.5) is 0 Å². The Balaban J connectivity index is 3.32. The number of nitrogens with two attached hydrogens (primary N) is 1. The van der Waals surface area contributed by atoms with Gasteiger partial charge >= 0.3 is 0 Å². The maximum absolute atomic E-state index is 8.59. The van der Waals surface area contributed by atoms with Crippen molar-refractivity contribution in [3.63, 3.8) is 0 Å². The minimum atomic E-state index is 0.0323. The molecule has 0 spiro atoms. The summed E-state index contributed by atoms with van der Waals surface area (Å²) in [6, 6.07) is 9.88. The van der Waals surface area contributed by atoms with Gasteiger partial charge in [0.2, 0.25) is 0 Å². The highest BCUT2D eigenvalue weighted by Gasteiger charge is 2.17. The first-order valence-electron chi connectivity index (χ1n) is 4.92. The molecule has 15 heavy (non-hydrogen) atoms. The lowest BCUT2D eigenvalue weighted by Crippen LogP contribution is -2.15. The normalized spacial score (nSPS) is 12.3. The van der Waals surface area contributed by atoms with Crippen molar-refractivity contribution in [1.29, 1.82) is 5.26 Å². The first-order valence-corrected chi connectivity index (χ1v) is 4.92. The highest BCUT2D eigenvalue weighted by atomic mass is 14.6. The fourth-order valence-electron chi connectivity index (χ4n) is 1.54. The second kappa shape index (κ2) is 4.18. The summed E-state index contributed by atoms with van der Waals surface area (Å²) in [5.41, 5.74) is 8.52. The van der Waals surface area contributed by atoms with Crippen LogP contribution in [-0.2, 0) is 5.41 Å². The van der Waals surface area contributed by atoms with E-state index in [4.69, 9.17) is 11.0 Å². The summed E-state index contributed by atoms with van der Waals surface area (Å²) >= 11 is 0. The monoisotopic (exact) mass is 200 g/mol. The van der Waals surface area contributed by atoms with Gasteiger partial charge < -0.3 is 5.73 Å². The van der Waals surface area contributed by atoms with Gasteiger partial charge in [-0.2, -0.15) is 5.26 Å². The van der Waals surface area contributed by atoms with Gasteiger partial charge in [-0.05, 0) is 11.0 Å². The molecule has 0 heterocycles. The molecule has 1 aromatic rings. The lowest BCUT2D eigenvalue weighted by Gasteiger charge is -2.22. The lowest BCUT2D eigenvalue weighted by molar-refractivity contribution is 0.588. The maximum atomic E-state index is 8.59. The zero-order chi connectivity index (χ0) is 11.5. The Morgan fingerprint density at radius 3 is 2.47 bits per heavy atom. The van der Waals surface area contributed by atoms with Crippen molar-refractivity contribution in [1.82, 2.24) is 0 Å². The van der Waals surface area contributed by atoms with E-state index < -0.39 is 0 Å². The average molecular weight is 200 g/mol. The summed E-state index contributed by atoms with van der Waals surface area (Å²) in [6.07, 6.45) is 1.38. The second-order valence-corrected chi connectivity index (χ2v) is 4.52. The molecule has 0 amide bonds. The molecule has 2 heteroatoms. The molecule has 2 nitrogen and oxygen atoms in total. The summed E-state index contributed by atoms with van der Waals surface area (Å²) < 4.78 is 0. The van der Waals surface area contributed by atoms with Gasteiger partial charge in [0.25, 0.3) is 0 Å². The highest BCUT2D eigenvalue weighted by molar-refractivity contribution is 5.68. The number of hydrogen-bond donors (Lipinski definition) is 1. The van der Waals surface area contributed by atoms with Crippen molar-refractivity contribution in [2.24, 2.45) is 5.73 Å². The van der Waals surface area contributed by atoms with Gasteiger partial charge in [-0.1, -0.05) is 45.0 Å². The van der Waals surface area contributed by atoms with Gasteiger partial charge in [0.15, 0.2) is 0 Å². The molecule has 0 atom stereocenters. The molecular weight excluding hydrogens is 184 g/mol. The van der Waals surface area contributed by atoms with Crippen LogP contribution in [0.3, 0.4) is 0 Å². The standard InChI is InChI=1S/C13H16N2/c1-13(2,3)11-7-5-4-6-10(11)12(15)8-9-14/h4-8H,15H2,1-3H3/b12-8-. The van der Waals surface area contributed by atoms with E-state index in [1.54, 1.807) is 0 Å². The van der Waals surface area contributed by atoms with Gasteiger partial charge in [-0.25, -0.2) is 0 Å². The van der Waals surface area contributed by atoms with Crippen LogP contribution in [0, 0.1) is 11.3 Å². The first-order chi connectivity index (χ1) is 6.96. The Morgan fingerprint density at radius 1 is 1.33 bits per heavy atom. The van der Waals surface area contributed by atoms with Crippen molar-refractivity contribution in [2.75, 3.05) is 0 Å². The van der Waals surface area contributed by atoms with E-state index in [9.17, 15) is 0 Å². The van der Waals surface area contributed by atoms with Gasteiger partial charge in [-0.15, -0.1) is 0 Å². The van der Waals surface area contributed by atoms with Crippen LogP contribution in [0.2, 0.25) is 0 Å². The zero-order valence-corrected chi connectivity index (χ0v) is 9.41. The molecular formula is C13H16N2. The number of benzene rings is 1. The summed E-state index contributed by atoms with van der Waals surface area (Å²) in [5.74, 6) is 0. The molecule has 0 saturated heterocycles. The molecule has 1 aromatic carbocycles. The van der Waals surface area contributed by atoms with Crippen LogP contribution in [0.25, 0.3) is 5.70 Å². The number of nitriles is 1. The quantitative estimate of drug-likeness (QED) is 0.709. The third-order valence-electron chi connectivity index (χ3n) is 2.27. The fraction of sp³-hybridized carbons (Fsp3) is 0.308. The molecule has 0 bridgehead atoms. The number of rotatable bonds is 1. The van der Waals surface area contributed by atoms with Crippen molar-refractivity contribution in [3.05, 3.63) is 41.5 Å².